The van der Waals surface area contributed by atoms with Crippen molar-refractivity contribution in [3.63, 3.8) is 0 Å². The summed E-state index contributed by atoms with van der Waals surface area (Å²) in [6.45, 7) is 0.472. The first-order chi connectivity index (χ1) is 6.12. The second kappa shape index (κ2) is 2.92. The van der Waals surface area contributed by atoms with Crippen LogP contribution in [0.2, 0.25) is 0 Å². The third kappa shape index (κ3) is 1.21. The topological polar surface area (TPSA) is 63.9 Å². The number of nitrogens with zero attached hydrogens (tertiary/aromatic N) is 1. The average Bonchev–Trinajstić information content (AvgIpc) is 2.84. The van der Waals surface area contributed by atoms with Gasteiger partial charge in [-0.15, -0.1) is 0 Å². The molecule has 1 aliphatic carbocycles. The van der Waals surface area contributed by atoms with Gasteiger partial charge in [-0.2, -0.15) is 0 Å². The van der Waals surface area contributed by atoms with Crippen LogP contribution in [-0.2, 0) is 0 Å². The van der Waals surface area contributed by atoms with E-state index in [0.29, 0.717) is 6.54 Å². The number of hydrogen-bond donors (Lipinski definition) is 3. The molecule has 3 unspecified atom stereocenters. The number of hydrogen-bond acceptors (Lipinski definition) is 4. The molecule has 4 nitrogen and oxygen atoms in total. The molecule has 0 aromatic heterocycles. The molecule has 2 rings (SSSR count). The summed E-state index contributed by atoms with van der Waals surface area (Å²) >= 11 is 0. The van der Waals surface area contributed by atoms with E-state index in [1.54, 1.807) is 0 Å². The van der Waals surface area contributed by atoms with Crippen LogP contribution in [0.25, 0.3) is 0 Å². The second-order valence-electron chi connectivity index (χ2n) is 4.33. The lowest BCUT2D eigenvalue weighted by Gasteiger charge is -2.44. The van der Waals surface area contributed by atoms with E-state index >= 15 is 0 Å². The highest BCUT2D eigenvalue weighted by atomic mass is 16.3. The van der Waals surface area contributed by atoms with E-state index in [9.17, 15) is 15.3 Å². The maximum Gasteiger partial charge on any atom is 0.0930 e. The number of aliphatic hydroxyl groups is 3. The van der Waals surface area contributed by atoms with Crippen molar-refractivity contribution in [2.24, 2.45) is 5.92 Å². The van der Waals surface area contributed by atoms with Crippen molar-refractivity contribution in [2.45, 2.75) is 30.6 Å². The molecule has 2 aliphatic rings. The fourth-order valence-corrected chi connectivity index (χ4v) is 2.60. The molecule has 1 saturated heterocycles. The minimum atomic E-state index is -0.760. The Morgan fingerprint density at radius 1 is 1.38 bits per heavy atom. The Kier molecular flexibility index (Phi) is 2.11. The van der Waals surface area contributed by atoms with E-state index in [2.05, 4.69) is 4.90 Å². The van der Waals surface area contributed by atoms with Crippen molar-refractivity contribution in [2.75, 3.05) is 20.2 Å². The molecular formula is C9H17NO3. The SMILES string of the molecule is CN1CC(O)C(O)C(CO)C12CC2. The summed E-state index contributed by atoms with van der Waals surface area (Å²) in [6, 6.07) is 0. The Bertz CT molecular complexity index is 205. The molecule has 0 amide bonds. The molecule has 13 heavy (non-hydrogen) atoms. The first kappa shape index (κ1) is 9.40. The van der Waals surface area contributed by atoms with Gasteiger partial charge < -0.3 is 15.3 Å². The van der Waals surface area contributed by atoms with Crippen LogP contribution in [-0.4, -0.2) is 58.2 Å². The van der Waals surface area contributed by atoms with Gasteiger partial charge in [-0.05, 0) is 19.9 Å². The van der Waals surface area contributed by atoms with E-state index in [1.165, 1.54) is 0 Å². The average molecular weight is 187 g/mol. The van der Waals surface area contributed by atoms with Crippen LogP contribution in [0.4, 0.5) is 0 Å². The lowest BCUT2D eigenvalue weighted by molar-refractivity contribution is -0.115. The molecule has 4 heteroatoms. The Labute approximate surface area is 77.8 Å². The molecule has 3 atom stereocenters. The van der Waals surface area contributed by atoms with Crippen LogP contribution in [0, 0.1) is 5.92 Å². The molecule has 1 spiro atoms. The van der Waals surface area contributed by atoms with Gasteiger partial charge in [-0.25, -0.2) is 0 Å². The monoisotopic (exact) mass is 187 g/mol. The standard InChI is InChI=1S/C9H17NO3/c1-10-4-7(12)8(13)6(5-11)9(10)2-3-9/h6-8,11-13H,2-5H2,1H3. The van der Waals surface area contributed by atoms with Crippen LogP contribution >= 0.6 is 0 Å². The number of likely N-dealkylation sites (tertiary alicyclic amines) is 1. The molecule has 0 aromatic rings. The molecule has 1 saturated carbocycles. The van der Waals surface area contributed by atoms with E-state index in [0.717, 1.165) is 12.8 Å². The molecule has 76 valence electrons. The lowest BCUT2D eigenvalue weighted by Crippen LogP contribution is -2.59. The van der Waals surface area contributed by atoms with Crippen LogP contribution < -0.4 is 0 Å². The molecule has 2 fully saturated rings. The zero-order valence-electron chi connectivity index (χ0n) is 7.85. The van der Waals surface area contributed by atoms with Crippen molar-refractivity contribution < 1.29 is 15.3 Å². The fourth-order valence-electron chi connectivity index (χ4n) is 2.60. The van der Waals surface area contributed by atoms with Crippen molar-refractivity contribution in [1.29, 1.82) is 0 Å². The Morgan fingerprint density at radius 3 is 2.46 bits per heavy atom. The van der Waals surface area contributed by atoms with Gasteiger partial charge in [0.2, 0.25) is 0 Å². The third-order valence-corrected chi connectivity index (χ3v) is 3.68. The molecule has 0 aromatic carbocycles. The van der Waals surface area contributed by atoms with Gasteiger partial charge in [0, 0.05) is 18.0 Å². The maximum atomic E-state index is 9.69. The summed E-state index contributed by atoms with van der Waals surface area (Å²) in [7, 11) is 1.95. The van der Waals surface area contributed by atoms with Gasteiger partial charge in [0.1, 0.15) is 0 Å². The normalized spacial score (nSPS) is 43.8. The third-order valence-electron chi connectivity index (χ3n) is 3.68. The van der Waals surface area contributed by atoms with Gasteiger partial charge in [0.25, 0.3) is 0 Å². The molecule has 3 N–H and O–H groups in total. The number of piperidine rings is 1. The second-order valence-corrected chi connectivity index (χ2v) is 4.33. The molecule has 0 bridgehead atoms. The van der Waals surface area contributed by atoms with Gasteiger partial charge in [-0.1, -0.05) is 0 Å². The fraction of sp³-hybridized carbons (Fsp3) is 1.00. The van der Waals surface area contributed by atoms with Crippen LogP contribution in [0.1, 0.15) is 12.8 Å². The highest BCUT2D eigenvalue weighted by Crippen LogP contribution is 2.50. The zero-order chi connectivity index (χ0) is 9.64. The predicted octanol–water partition coefficient (Wildman–Crippen LogP) is -1.21. The number of β-amino-alcohol motifs (C(OH)–C–C–N with tert-alkyl or cyclic N) is 1. The summed E-state index contributed by atoms with van der Waals surface area (Å²) in [6.07, 6.45) is 0.578. The maximum absolute atomic E-state index is 9.69. The number of aliphatic hydroxyl groups excluding tert-OH is 3. The van der Waals surface area contributed by atoms with Crippen molar-refractivity contribution in [3.05, 3.63) is 0 Å². The Morgan fingerprint density at radius 2 is 2.00 bits per heavy atom. The van der Waals surface area contributed by atoms with Crippen molar-refractivity contribution in [1.82, 2.24) is 4.90 Å². The molecule has 1 heterocycles. The van der Waals surface area contributed by atoms with Gasteiger partial charge >= 0.3 is 0 Å². The largest absolute Gasteiger partial charge is 0.396 e. The van der Waals surface area contributed by atoms with Crippen LogP contribution in [0.3, 0.4) is 0 Å². The first-order valence-corrected chi connectivity index (χ1v) is 4.80. The Balaban J connectivity index is 2.18. The number of rotatable bonds is 1. The van der Waals surface area contributed by atoms with Crippen molar-refractivity contribution >= 4 is 0 Å². The summed E-state index contributed by atoms with van der Waals surface area (Å²) in [5.74, 6) is -0.179. The van der Waals surface area contributed by atoms with Gasteiger partial charge in [-0.3, -0.25) is 4.90 Å². The highest BCUT2D eigenvalue weighted by molar-refractivity contribution is 5.13. The van der Waals surface area contributed by atoms with Crippen LogP contribution in [0.5, 0.6) is 0 Å². The highest BCUT2D eigenvalue weighted by Gasteiger charge is 2.58. The van der Waals surface area contributed by atoms with E-state index in [1.807, 2.05) is 7.05 Å². The van der Waals surface area contributed by atoms with E-state index in [4.69, 9.17) is 0 Å². The van der Waals surface area contributed by atoms with Crippen molar-refractivity contribution in [3.8, 4) is 0 Å². The first-order valence-electron chi connectivity index (χ1n) is 4.80. The van der Waals surface area contributed by atoms with E-state index in [-0.39, 0.29) is 18.1 Å². The zero-order valence-corrected chi connectivity index (χ0v) is 7.85. The lowest BCUT2D eigenvalue weighted by atomic mass is 9.83. The minimum absolute atomic E-state index is 0.0204. The summed E-state index contributed by atoms with van der Waals surface area (Å²) in [5, 5.41) is 28.4. The van der Waals surface area contributed by atoms with Crippen LogP contribution in [0.15, 0.2) is 0 Å². The number of likely N-dealkylation sites (N-methyl/N-ethyl adjacent to an activating group) is 1. The predicted molar refractivity (Wildman–Crippen MR) is 47.2 cm³/mol. The smallest absolute Gasteiger partial charge is 0.0930 e. The van der Waals surface area contributed by atoms with E-state index < -0.39 is 12.2 Å². The molecule has 1 aliphatic heterocycles. The quantitative estimate of drug-likeness (QED) is 0.482. The van der Waals surface area contributed by atoms with Gasteiger partial charge in [0.05, 0.1) is 18.8 Å². The minimum Gasteiger partial charge on any atom is -0.396 e. The molecule has 0 radical (unpaired) electrons. The summed E-state index contributed by atoms with van der Waals surface area (Å²) < 4.78 is 0. The Hall–Kier alpha value is -0.160. The summed E-state index contributed by atoms with van der Waals surface area (Å²) in [5.41, 5.74) is -0.0204. The van der Waals surface area contributed by atoms with Gasteiger partial charge in [0.15, 0.2) is 0 Å². The summed E-state index contributed by atoms with van der Waals surface area (Å²) in [4.78, 5) is 2.07. The molecular weight excluding hydrogens is 170 g/mol.